The van der Waals surface area contributed by atoms with Crippen molar-refractivity contribution in [2.45, 2.75) is 13.5 Å². The first-order valence-corrected chi connectivity index (χ1v) is 10.4. The quantitative estimate of drug-likeness (QED) is 0.410. The maximum Gasteiger partial charge on any atom is 0.221 e. The van der Waals surface area contributed by atoms with Crippen molar-refractivity contribution in [2.75, 3.05) is 12.4 Å². The van der Waals surface area contributed by atoms with Crippen molar-refractivity contribution in [3.63, 3.8) is 0 Å². The number of halogens is 1. The molecule has 0 aliphatic rings. The largest absolute Gasteiger partial charge is 0.497 e. The zero-order chi connectivity index (χ0) is 23.7. The molecule has 10 heteroatoms. The number of methoxy groups -OCH3 is 1. The molecule has 9 nitrogen and oxygen atoms in total. The highest BCUT2D eigenvalue weighted by atomic mass is 19.1. The molecule has 0 atom stereocenters. The number of carbonyl (C=O) groups excluding carboxylic acids is 1. The van der Waals surface area contributed by atoms with Gasteiger partial charge in [0.05, 0.1) is 24.0 Å². The van der Waals surface area contributed by atoms with Crippen LogP contribution in [-0.4, -0.2) is 37.8 Å². The summed E-state index contributed by atoms with van der Waals surface area (Å²) in [6.45, 7) is 1.43. The minimum absolute atomic E-state index is 0.109. The van der Waals surface area contributed by atoms with Crippen LogP contribution >= 0.6 is 0 Å². The predicted octanol–water partition coefficient (Wildman–Crippen LogP) is 4.02. The number of pyridine rings is 1. The molecule has 0 bridgehead atoms. The summed E-state index contributed by atoms with van der Waals surface area (Å²) in [5.74, 6) is 0.922. The van der Waals surface area contributed by atoms with E-state index in [0.29, 0.717) is 34.2 Å². The van der Waals surface area contributed by atoms with Crippen LogP contribution in [0, 0.1) is 5.82 Å². The first-order chi connectivity index (χ1) is 16.5. The van der Waals surface area contributed by atoms with E-state index < -0.39 is 5.82 Å². The van der Waals surface area contributed by atoms with Crippen molar-refractivity contribution in [3.05, 3.63) is 72.4 Å². The number of nitrogens with one attached hydrogen (secondary N) is 1. The van der Waals surface area contributed by atoms with Gasteiger partial charge in [0.2, 0.25) is 5.91 Å². The second kappa shape index (κ2) is 8.74. The minimum Gasteiger partial charge on any atom is -0.497 e. The van der Waals surface area contributed by atoms with Crippen LogP contribution in [0.2, 0.25) is 0 Å². The highest BCUT2D eigenvalue weighted by Crippen LogP contribution is 2.28. The second-order valence-electron chi connectivity index (χ2n) is 7.46. The van der Waals surface area contributed by atoms with Gasteiger partial charge in [-0.3, -0.25) is 9.78 Å². The number of nitrogens with zero attached hydrogens (tertiary/aromatic N) is 5. The first kappa shape index (κ1) is 21.3. The number of rotatable bonds is 6. The van der Waals surface area contributed by atoms with E-state index in [4.69, 9.17) is 9.47 Å². The molecular weight excluding hydrogens is 439 g/mol. The summed E-state index contributed by atoms with van der Waals surface area (Å²) < 4.78 is 27.2. The first-order valence-electron chi connectivity index (χ1n) is 10.4. The second-order valence-corrected chi connectivity index (χ2v) is 7.46. The molecule has 0 radical (unpaired) electrons. The van der Waals surface area contributed by atoms with Gasteiger partial charge >= 0.3 is 0 Å². The molecule has 0 spiro atoms. The monoisotopic (exact) mass is 458 g/mol. The Balaban J connectivity index is 1.43. The Hall–Kier alpha value is -4.60. The minimum atomic E-state index is -0.553. The number of benzene rings is 2. The molecule has 2 aromatic carbocycles. The van der Waals surface area contributed by atoms with Crippen molar-refractivity contribution in [3.8, 4) is 22.8 Å². The van der Waals surface area contributed by atoms with Crippen molar-refractivity contribution < 1.29 is 18.7 Å². The molecule has 0 saturated carbocycles. The Morgan fingerprint density at radius 2 is 1.97 bits per heavy atom. The molecule has 0 aliphatic heterocycles. The van der Waals surface area contributed by atoms with Crippen molar-refractivity contribution in [2.24, 2.45) is 0 Å². The van der Waals surface area contributed by atoms with Crippen LogP contribution in [0.3, 0.4) is 0 Å². The summed E-state index contributed by atoms with van der Waals surface area (Å²) in [6, 6.07) is 15.3. The fourth-order valence-corrected chi connectivity index (χ4v) is 3.54. The Kier molecular flexibility index (Phi) is 5.46. The van der Waals surface area contributed by atoms with Crippen LogP contribution in [0.25, 0.3) is 27.8 Å². The van der Waals surface area contributed by atoms with E-state index in [-0.39, 0.29) is 18.2 Å². The third-order valence-electron chi connectivity index (χ3n) is 5.17. The summed E-state index contributed by atoms with van der Waals surface area (Å²) in [5.41, 5.74) is 2.44. The smallest absolute Gasteiger partial charge is 0.221 e. The Bertz CT molecular complexity index is 1530. The standard InChI is InChI=1S/C24H19FN6O3/c1-14(32)27-20-6-3-15(11-18(20)25)19-7-8-23-28-29-24(31(23)30-19)13-34-22-9-10-26-21-12-16(33-2)4-5-17(21)22/h3-12H,13H2,1-2H3,(H,27,32). The molecule has 0 aliphatic carbocycles. The molecule has 1 amide bonds. The third-order valence-corrected chi connectivity index (χ3v) is 5.17. The van der Waals surface area contributed by atoms with Crippen LogP contribution in [0.1, 0.15) is 12.7 Å². The zero-order valence-corrected chi connectivity index (χ0v) is 18.3. The van der Waals surface area contributed by atoms with Gasteiger partial charge < -0.3 is 14.8 Å². The van der Waals surface area contributed by atoms with E-state index in [9.17, 15) is 9.18 Å². The Morgan fingerprint density at radius 3 is 2.76 bits per heavy atom. The maximum atomic E-state index is 14.4. The number of hydrogen-bond acceptors (Lipinski definition) is 7. The molecule has 0 saturated heterocycles. The zero-order valence-electron chi connectivity index (χ0n) is 18.3. The summed E-state index contributed by atoms with van der Waals surface area (Å²) >= 11 is 0. The molecule has 3 aromatic heterocycles. The average Bonchev–Trinajstić information content (AvgIpc) is 3.25. The summed E-state index contributed by atoms with van der Waals surface area (Å²) in [7, 11) is 1.60. The topological polar surface area (TPSA) is 104 Å². The van der Waals surface area contributed by atoms with Crippen molar-refractivity contribution >= 4 is 28.1 Å². The van der Waals surface area contributed by atoms with Gasteiger partial charge in [-0.1, -0.05) is 6.07 Å². The van der Waals surface area contributed by atoms with E-state index in [0.717, 1.165) is 10.9 Å². The number of anilines is 1. The molecule has 3 heterocycles. The van der Waals surface area contributed by atoms with Gasteiger partial charge in [-0.2, -0.15) is 9.61 Å². The van der Waals surface area contributed by atoms with E-state index >= 15 is 0 Å². The van der Waals surface area contributed by atoms with Gasteiger partial charge in [0.15, 0.2) is 11.5 Å². The fourth-order valence-electron chi connectivity index (χ4n) is 3.54. The lowest BCUT2D eigenvalue weighted by atomic mass is 10.1. The van der Waals surface area contributed by atoms with Gasteiger partial charge in [-0.15, -0.1) is 10.2 Å². The summed E-state index contributed by atoms with van der Waals surface area (Å²) in [6.07, 6.45) is 1.66. The van der Waals surface area contributed by atoms with Crippen molar-refractivity contribution in [1.82, 2.24) is 24.8 Å². The van der Waals surface area contributed by atoms with Crippen LogP contribution in [0.4, 0.5) is 10.1 Å². The lowest BCUT2D eigenvalue weighted by Crippen LogP contribution is -2.07. The van der Waals surface area contributed by atoms with Crippen LogP contribution in [-0.2, 0) is 11.4 Å². The number of aromatic nitrogens is 5. The Morgan fingerprint density at radius 1 is 1.09 bits per heavy atom. The van der Waals surface area contributed by atoms with Crippen LogP contribution in [0.5, 0.6) is 11.5 Å². The number of amides is 1. The summed E-state index contributed by atoms with van der Waals surface area (Å²) in [4.78, 5) is 15.6. The number of hydrogen-bond donors (Lipinski definition) is 1. The molecule has 5 rings (SSSR count). The molecule has 170 valence electrons. The third kappa shape index (κ3) is 4.08. The van der Waals surface area contributed by atoms with Gasteiger partial charge in [0, 0.05) is 30.1 Å². The van der Waals surface area contributed by atoms with E-state index in [1.807, 2.05) is 18.2 Å². The Labute approximate surface area is 193 Å². The van der Waals surface area contributed by atoms with Crippen LogP contribution in [0.15, 0.2) is 60.8 Å². The average molecular weight is 458 g/mol. The van der Waals surface area contributed by atoms with Gasteiger partial charge in [-0.25, -0.2) is 4.39 Å². The molecule has 0 unspecified atom stereocenters. The maximum absolute atomic E-state index is 14.4. The van der Waals surface area contributed by atoms with Crippen LogP contribution < -0.4 is 14.8 Å². The highest BCUT2D eigenvalue weighted by molar-refractivity contribution is 5.89. The van der Waals surface area contributed by atoms with Gasteiger partial charge in [0.25, 0.3) is 0 Å². The predicted molar refractivity (Wildman–Crippen MR) is 123 cm³/mol. The number of ether oxygens (including phenoxy) is 2. The van der Waals surface area contributed by atoms with Crippen molar-refractivity contribution in [1.29, 1.82) is 0 Å². The normalized spacial score (nSPS) is 11.0. The molecule has 5 aromatic rings. The SMILES string of the molecule is COc1ccc2c(OCc3nnc4ccc(-c5ccc(NC(C)=O)c(F)c5)nn34)ccnc2c1. The molecular formula is C24H19FN6O3. The number of fused-ring (bicyclic) bond motifs is 2. The molecule has 0 fully saturated rings. The molecule has 34 heavy (non-hydrogen) atoms. The van der Waals surface area contributed by atoms with Gasteiger partial charge in [-0.05, 0) is 42.5 Å². The lowest BCUT2D eigenvalue weighted by Gasteiger charge is -2.09. The number of carbonyl (C=O) groups is 1. The highest BCUT2D eigenvalue weighted by Gasteiger charge is 2.13. The lowest BCUT2D eigenvalue weighted by molar-refractivity contribution is -0.114. The molecule has 1 N–H and O–H groups in total. The fraction of sp³-hybridized carbons (Fsp3) is 0.125. The van der Waals surface area contributed by atoms with E-state index in [2.05, 4.69) is 25.6 Å². The van der Waals surface area contributed by atoms with E-state index in [1.54, 1.807) is 42.1 Å². The van der Waals surface area contributed by atoms with Gasteiger partial charge in [0.1, 0.15) is 23.9 Å². The van der Waals surface area contributed by atoms with E-state index in [1.165, 1.54) is 19.1 Å². The summed E-state index contributed by atoms with van der Waals surface area (Å²) in [5, 5.41) is 16.2.